The van der Waals surface area contributed by atoms with Crippen LogP contribution in [0.2, 0.25) is 0 Å². The van der Waals surface area contributed by atoms with Crippen molar-refractivity contribution in [3.05, 3.63) is 52.8 Å². The van der Waals surface area contributed by atoms with Crippen LogP contribution in [-0.4, -0.2) is 4.57 Å². The van der Waals surface area contributed by atoms with E-state index in [4.69, 9.17) is 5.73 Å². The molecule has 0 spiro atoms. The Labute approximate surface area is 87.8 Å². The van der Waals surface area contributed by atoms with Crippen molar-refractivity contribution in [1.29, 1.82) is 0 Å². The first-order valence-electron chi connectivity index (χ1n) is 4.71. The summed E-state index contributed by atoms with van der Waals surface area (Å²) >= 11 is 0. The molecular weight excluding hydrogens is 188 g/mol. The van der Waals surface area contributed by atoms with Crippen molar-refractivity contribution in [2.24, 2.45) is 7.05 Å². The molecule has 15 heavy (non-hydrogen) atoms. The van der Waals surface area contributed by atoms with Gasteiger partial charge in [-0.15, -0.1) is 0 Å². The number of nitrogens with two attached hydrogens (primary N) is 1. The third kappa shape index (κ3) is 1.64. The molecule has 3 nitrogen and oxygen atoms in total. The van der Waals surface area contributed by atoms with Crippen LogP contribution in [0, 0.1) is 0 Å². The summed E-state index contributed by atoms with van der Waals surface area (Å²) in [7, 11) is 1.72. The molecular formula is C12H12N2O. The molecule has 1 heterocycles. The molecule has 3 heteroatoms. The summed E-state index contributed by atoms with van der Waals surface area (Å²) in [6.45, 7) is 0. The highest BCUT2D eigenvalue weighted by molar-refractivity contribution is 5.61. The SMILES string of the molecule is Cn1c(-c2ccccc2)ccc(N)c1=O. The van der Waals surface area contributed by atoms with E-state index in [1.165, 1.54) is 0 Å². The maximum atomic E-state index is 11.6. The molecule has 0 aliphatic heterocycles. The fourth-order valence-corrected chi connectivity index (χ4v) is 1.55. The number of hydrogen-bond donors (Lipinski definition) is 1. The van der Waals surface area contributed by atoms with Gasteiger partial charge in [0.05, 0.1) is 11.4 Å². The van der Waals surface area contributed by atoms with Crippen LogP contribution in [0.15, 0.2) is 47.3 Å². The predicted octanol–water partition coefficient (Wildman–Crippen LogP) is 1.63. The Morgan fingerprint density at radius 2 is 1.73 bits per heavy atom. The molecule has 0 radical (unpaired) electrons. The van der Waals surface area contributed by atoms with Gasteiger partial charge in [-0.2, -0.15) is 0 Å². The monoisotopic (exact) mass is 200 g/mol. The molecule has 0 saturated heterocycles. The molecule has 0 bridgehead atoms. The molecule has 0 unspecified atom stereocenters. The summed E-state index contributed by atoms with van der Waals surface area (Å²) in [4.78, 5) is 11.6. The lowest BCUT2D eigenvalue weighted by atomic mass is 10.1. The zero-order valence-corrected chi connectivity index (χ0v) is 8.47. The molecule has 2 aromatic rings. The van der Waals surface area contributed by atoms with Gasteiger partial charge in [0.15, 0.2) is 0 Å². The molecule has 0 saturated carbocycles. The van der Waals surface area contributed by atoms with Crippen LogP contribution in [0.3, 0.4) is 0 Å². The molecule has 0 aliphatic carbocycles. The second-order valence-corrected chi connectivity index (χ2v) is 3.40. The number of nitrogens with zero attached hydrogens (tertiary/aromatic N) is 1. The first-order valence-corrected chi connectivity index (χ1v) is 4.71. The van der Waals surface area contributed by atoms with Crippen molar-refractivity contribution in [3.63, 3.8) is 0 Å². The number of nitrogen functional groups attached to an aromatic ring is 1. The number of pyridine rings is 1. The van der Waals surface area contributed by atoms with Gasteiger partial charge in [0.25, 0.3) is 5.56 Å². The van der Waals surface area contributed by atoms with Crippen LogP contribution in [0.1, 0.15) is 0 Å². The third-order valence-corrected chi connectivity index (χ3v) is 2.40. The lowest BCUT2D eigenvalue weighted by Crippen LogP contribution is -2.21. The molecule has 2 N–H and O–H groups in total. The lowest BCUT2D eigenvalue weighted by molar-refractivity contribution is 0.874. The van der Waals surface area contributed by atoms with E-state index in [2.05, 4.69) is 0 Å². The van der Waals surface area contributed by atoms with Crippen LogP contribution in [0.4, 0.5) is 5.69 Å². The molecule has 0 atom stereocenters. The summed E-state index contributed by atoms with van der Waals surface area (Å²) in [5.41, 5.74) is 7.53. The Balaban J connectivity index is 2.66. The zero-order chi connectivity index (χ0) is 10.8. The summed E-state index contributed by atoms with van der Waals surface area (Å²) in [6.07, 6.45) is 0. The van der Waals surface area contributed by atoms with E-state index < -0.39 is 0 Å². The summed E-state index contributed by atoms with van der Waals surface area (Å²) in [5, 5.41) is 0. The zero-order valence-electron chi connectivity index (χ0n) is 8.47. The Hall–Kier alpha value is -2.03. The predicted molar refractivity (Wildman–Crippen MR) is 61.5 cm³/mol. The quantitative estimate of drug-likeness (QED) is 0.760. The van der Waals surface area contributed by atoms with Crippen LogP contribution in [-0.2, 0) is 7.05 Å². The van der Waals surface area contributed by atoms with Crippen molar-refractivity contribution >= 4 is 5.69 Å². The van der Waals surface area contributed by atoms with E-state index in [-0.39, 0.29) is 11.2 Å². The van der Waals surface area contributed by atoms with Gasteiger partial charge in [-0.05, 0) is 17.7 Å². The Bertz CT molecular complexity index is 529. The first kappa shape index (κ1) is 9.52. The standard InChI is InChI=1S/C12H12N2O/c1-14-11(8-7-10(13)12(14)15)9-5-3-2-4-6-9/h2-8H,13H2,1H3. The summed E-state index contributed by atoms with van der Waals surface area (Å²) < 4.78 is 1.56. The maximum absolute atomic E-state index is 11.6. The molecule has 0 aliphatic rings. The van der Waals surface area contributed by atoms with Gasteiger partial charge >= 0.3 is 0 Å². The minimum Gasteiger partial charge on any atom is -0.394 e. The second-order valence-electron chi connectivity index (χ2n) is 3.40. The van der Waals surface area contributed by atoms with Crippen LogP contribution in [0.25, 0.3) is 11.3 Å². The van der Waals surface area contributed by atoms with Gasteiger partial charge < -0.3 is 10.3 Å². The Kier molecular flexibility index (Phi) is 2.29. The van der Waals surface area contributed by atoms with Gasteiger partial charge in [0, 0.05) is 7.05 Å². The average Bonchev–Trinajstić information content (AvgIpc) is 2.27. The second kappa shape index (κ2) is 3.61. The molecule has 1 aromatic heterocycles. The third-order valence-electron chi connectivity index (χ3n) is 2.40. The van der Waals surface area contributed by atoms with E-state index in [9.17, 15) is 4.79 Å². The van der Waals surface area contributed by atoms with Crippen LogP contribution < -0.4 is 11.3 Å². The fourth-order valence-electron chi connectivity index (χ4n) is 1.55. The largest absolute Gasteiger partial charge is 0.394 e. The van der Waals surface area contributed by atoms with Gasteiger partial charge in [-0.1, -0.05) is 30.3 Å². The van der Waals surface area contributed by atoms with Gasteiger partial charge in [0.2, 0.25) is 0 Å². The molecule has 0 amide bonds. The molecule has 1 aromatic carbocycles. The molecule has 2 rings (SSSR count). The smallest absolute Gasteiger partial charge is 0.273 e. The molecule has 0 fully saturated rings. The topological polar surface area (TPSA) is 48.0 Å². The number of hydrogen-bond acceptors (Lipinski definition) is 2. The maximum Gasteiger partial charge on any atom is 0.273 e. The van der Waals surface area contributed by atoms with Gasteiger partial charge in [-0.25, -0.2) is 0 Å². The average molecular weight is 200 g/mol. The van der Waals surface area contributed by atoms with E-state index >= 15 is 0 Å². The molecule has 76 valence electrons. The van der Waals surface area contributed by atoms with Crippen LogP contribution >= 0.6 is 0 Å². The van der Waals surface area contributed by atoms with E-state index in [1.54, 1.807) is 17.7 Å². The minimum absolute atomic E-state index is 0.156. The Morgan fingerprint density at radius 3 is 2.40 bits per heavy atom. The number of aromatic nitrogens is 1. The van der Waals surface area contributed by atoms with Crippen molar-refractivity contribution in [2.75, 3.05) is 5.73 Å². The summed E-state index contributed by atoms with van der Waals surface area (Å²) in [5.74, 6) is 0. The van der Waals surface area contributed by atoms with Gasteiger partial charge in [0.1, 0.15) is 0 Å². The van der Waals surface area contributed by atoms with Crippen molar-refractivity contribution in [2.45, 2.75) is 0 Å². The normalized spacial score (nSPS) is 10.2. The first-order chi connectivity index (χ1) is 7.20. The summed E-state index contributed by atoms with van der Waals surface area (Å²) in [6, 6.07) is 13.2. The van der Waals surface area contributed by atoms with Crippen LogP contribution in [0.5, 0.6) is 0 Å². The Morgan fingerprint density at radius 1 is 1.07 bits per heavy atom. The number of rotatable bonds is 1. The lowest BCUT2D eigenvalue weighted by Gasteiger charge is -2.08. The van der Waals surface area contributed by atoms with Crippen molar-refractivity contribution in [3.8, 4) is 11.3 Å². The highest BCUT2D eigenvalue weighted by atomic mass is 16.1. The van der Waals surface area contributed by atoms with Crippen molar-refractivity contribution in [1.82, 2.24) is 4.57 Å². The highest BCUT2D eigenvalue weighted by Gasteiger charge is 2.04. The van der Waals surface area contributed by atoms with E-state index in [0.717, 1.165) is 11.3 Å². The van der Waals surface area contributed by atoms with Gasteiger partial charge in [-0.3, -0.25) is 4.79 Å². The van der Waals surface area contributed by atoms with E-state index in [0.29, 0.717) is 0 Å². The fraction of sp³-hybridized carbons (Fsp3) is 0.0833. The number of benzene rings is 1. The minimum atomic E-state index is -0.156. The number of anilines is 1. The van der Waals surface area contributed by atoms with Crippen molar-refractivity contribution < 1.29 is 0 Å². The van der Waals surface area contributed by atoms with E-state index in [1.807, 2.05) is 36.4 Å². The highest BCUT2D eigenvalue weighted by Crippen LogP contribution is 2.16.